The van der Waals surface area contributed by atoms with E-state index in [0.29, 0.717) is 15.9 Å². The predicted molar refractivity (Wildman–Crippen MR) is 66.7 cm³/mol. The summed E-state index contributed by atoms with van der Waals surface area (Å²) in [4.78, 5) is 10.6. The molecule has 3 nitrogen and oxygen atoms in total. The molecular formula is C12H9ClO3S. The van der Waals surface area contributed by atoms with Gasteiger partial charge in [0.05, 0.1) is 0 Å². The number of thioether (sulfide) groups is 1. The number of hydrogen-bond donors (Lipinski definition) is 1. The number of carboxylic acids is 1. The second-order valence-corrected chi connectivity index (χ2v) is 4.76. The van der Waals surface area contributed by atoms with Crippen LogP contribution in [0.3, 0.4) is 0 Å². The summed E-state index contributed by atoms with van der Waals surface area (Å²) >= 11 is 7.29. The fourth-order valence-electron chi connectivity index (χ4n) is 1.29. The smallest absolute Gasteiger partial charge is 0.371 e. The van der Waals surface area contributed by atoms with Crippen LogP contribution < -0.4 is 0 Å². The summed E-state index contributed by atoms with van der Waals surface area (Å²) in [6.45, 7) is 0. The summed E-state index contributed by atoms with van der Waals surface area (Å²) in [5.41, 5.74) is 1.07. The van der Waals surface area contributed by atoms with Crippen molar-refractivity contribution in [3.8, 4) is 0 Å². The molecule has 0 fully saturated rings. The molecular weight excluding hydrogens is 260 g/mol. The van der Waals surface area contributed by atoms with Crippen molar-refractivity contribution in [2.24, 2.45) is 0 Å². The Labute approximate surface area is 107 Å². The molecule has 1 aromatic carbocycles. The normalized spacial score (nSPS) is 10.4. The van der Waals surface area contributed by atoms with Gasteiger partial charge in [0, 0.05) is 10.8 Å². The summed E-state index contributed by atoms with van der Waals surface area (Å²) in [6.07, 6.45) is 0. The van der Waals surface area contributed by atoms with Gasteiger partial charge in [0.2, 0.25) is 5.76 Å². The molecule has 2 rings (SSSR count). The van der Waals surface area contributed by atoms with Crippen LogP contribution in [0, 0.1) is 0 Å². The molecule has 0 amide bonds. The Kier molecular flexibility index (Phi) is 3.76. The molecule has 0 aliphatic carbocycles. The molecule has 0 radical (unpaired) electrons. The van der Waals surface area contributed by atoms with Gasteiger partial charge in [-0.2, -0.15) is 0 Å². The molecule has 0 aliphatic heterocycles. The number of carbonyl (C=O) groups is 1. The Hall–Kier alpha value is -1.39. The zero-order valence-corrected chi connectivity index (χ0v) is 10.3. The molecule has 0 spiro atoms. The van der Waals surface area contributed by atoms with Crippen LogP contribution in [-0.4, -0.2) is 11.1 Å². The first-order valence-corrected chi connectivity index (χ1v) is 6.22. The van der Waals surface area contributed by atoms with Crippen molar-refractivity contribution in [1.82, 2.24) is 0 Å². The molecule has 0 aliphatic rings. The summed E-state index contributed by atoms with van der Waals surface area (Å²) in [5.74, 6) is -0.411. The highest BCUT2D eigenvalue weighted by molar-refractivity contribution is 7.98. The molecule has 0 atom stereocenters. The number of aromatic carboxylic acids is 1. The highest BCUT2D eigenvalue weighted by atomic mass is 35.5. The minimum atomic E-state index is -1.06. The number of hydrogen-bond acceptors (Lipinski definition) is 3. The predicted octanol–water partition coefficient (Wildman–Crippen LogP) is 3.92. The second-order valence-electron chi connectivity index (χ2n) is 3.34. The zero-order chi connectivity index (χ0) is 12.3. The fourth-order valence-corrected chi connectivity index (χ4v) is 2.31. The topological polar surface area (TPSA) is 50.4 Å². The number of benzene rings is 1. The molecule has 0 bridgehead atoms. The maximum Gasteiger partial charge on any atom is 0.371 e. The zero-order valence-electron chi connectivity index (χ0n) is 8.72. The van der Waals surface area contributed by atoms with Gasteiger partial charge in [-0.1, -0.05) is 35.5 Å². The summed E-state index contributed by atoms with van der Waals surface area (Å²) in [6, 6.07) is 10.6. The Balaban J connectivity index is 2.00. The summed E-state index contributed by atoms with van der Waals surface area (Å²) in [7, 11) is 0. The third-order valence-corrected chi connectivity index (χ3v) is 3.28. The highest BCUT2D eigenvalue weighted by Crippen LogP contribution is 2.25. The minimum Gasteiger partial charge on any atom is -0.475 e. The van der Waals surface area contributed by atoms with Crippen molar-refractivity contribution < 1.29 is 14.3 Å². The standard InChI is InChI=1S/C12H9ClO3S/c13-9-3-1-2-8(6-9)7-17-11-5-4-10(16-11)12(14)15/h1-6H,7H2,(H,14,15). The lowest BCUT2D eigenvalue weighted by atomic mass is 10.2. The third kappa shape index (κ3) is 3.28. The van der Waals surface area contributed by atoms with E-state index in [1.165, 1.54) is 17.8 Å². The van der Waals surface area contributed by atoms with Gasteiger partial charge in [0.25, 0.3) is 0 Å². The van der Waals surface area contributed by atoms with Crippen molar-refractivity contribution in [3.05, 3.63) is 52.7 Å². The lowest BCUT2D eigenvalue weighted by molar-refractivity contribution is 0.0656. The van der Waals surface area contributed by atoms with Gasteiger partial charge in [-0.05, 0) is 29.8 Å². The molecule has 88 valence electrons. The molecule has 17 heavy (non-hydrogen) atoms. The molecule has 0 saturated carbocycles. The molecule has 1 heterocycles. The molecule has 2 aromatic rings. The van der Waals surface area contributed by atoms with Crippen LogP contribution in [0.25, 0.3) is 0 Å². The van der Waals surface area contributed by atoms with Crippen molar-refractivity contribution in [3.63, 3.8) is 0 Å². The van der Waals surface area contributed by atoms with Gasteiger partial charge < -0.3 is 9.52 Å². The average molecular weight is 269 g/mol. The molecule has 0 unspecified atom stereocenters. The quantitative estimate of drug-likeness (QED) is 0.854. The number of halogens is 1. The van der Waals surface area contributed by atoms with E-state index in [4.69, 9.17) is 21.1 Å². The van der Waals surface area contributed by atoms with Crippen molar-refractivity contribution in [2.75, 3.05) is 0 Å². The largest absolute Gasteiger partial charge is 0.475 e. The van der Waals surface area contributed by atoms with Crippen molar-refractivity contribution >= 4 is 29.3 Å². The molecule has 5 heteroatoms. The van der Waals surface area contributed by atoms with Crippen LogP contribution in [0.1, 0.15) is 16.1 Å². The lowest BCUT2D eigenvalue weighted by Gasteiger charge is -1.99. The molecule has 1 aromatic heterocycles. The SMILES string of the molecule is O=C(O)c1ccc(SCc2cccc(Cl)c2)o1. The minimum absolute atomic E-state index is 0.0430. The fraction of sp³-hybridized carbons (Fsp3) is 0.0833. The average Bonchev–Trinajstić information content (AvgIpc) is 2.75. The number of rotatable bonds is 4. The second kappa shape index (κ2) is 5.29. The Bertz CT molecular complexity index is 536. The van der Waals surface area contributed by atoms with Crippen LogP contribution in [0.2, 0.25) is 5.02 Å². The molecule has 1 N–H and O–H groups in total. The van der Waals surface area contributed by atoms with Gasteiger partial charge >= 0.3 is 5.97 Å². The van der Waals surface area contributed by atoms with Crippen molar-refractivity contribution in [1.29, 1.82) is 0 Å². The van der Waals surface area contributed by atoms with Gasteiger partial charge in [-0.15, -0.1) is 0 Å². The van der Waals surface area contributed by atoms with Crippen LogP contribution in [0.15, 0.2) is 45.9 Å². The summed E-state index contributed by atoms with van der Waals surface area (Å²) < 4.78 is 5.13. The van der Waals surface area contributed by atoms with Crippen LogP contribution in [-0.2, 0) is 5.75 Å². The third-order valence-electron chi connectivity index (χ3n) is 2.06. The first kappa shape index (κ1) is 12.1. The maximum absolute atomic E-state index is 10.6. The van der Waals surface area contributed by atoms with Gasteiger partial charge in [0.15, 0.2) is 5.09 Å². The van der Waals surface area contributed by atoms with E-state index in [-0.39, 0.29) is 5.76 Å². The van der Waals surface area contributed by atoms with E-state index in [0.717, 1.165) is 5.56 Å². The van der Waals surface area contributed by atoms with Gasteiger partial charge in [-0.3, -0.25) is 0 Å². The van der Waals surface area contributed by atoms with E-state index < -0.39 is 5.97 Å². The Morgan fingerprint density at radius 3 is 2.82 bits per heavy atom. The van der Waals surface area contributed by atoms with E-state index in [1.54, 1.807) is 6.07 Å². The number of furan rings is 1. The van der Waals surface area contributed by atoms with Gasteiger partial charge in [0.1, 0.15) is 0 Å². The Morgan fingerprint density at radius 2 is 2.18 bits per heavy atom. The first-order chi connectivity index (χ1) is 8.15. The molecule has 0 saturated heterocycles. The lowest BCUT2D eigenvalue weighted by Crippen LogP contribution is -1.91. The van der Waals surface area contributed by atoms with E-state index in [1.807, 2.05) is 24.3 Å². The van der Waals surface area contributed by atoms with E-state index in [9.17, 15) is 4.79 Å². The monoisotopic (exact) mass is 268 g/mol. The highest BCUT2D eigenvalue weighted by Gasteiger charge is 2.09. The van der Waals surface area contributed by atoms with Crippen LogP contribution in [0.5, 0.6) is 0 Å². The first-order valence-electron chi connectivity index (χ1n) is 4.85. The number of carboxylic acid groups (broad SMARTS) is 1. The van der Waals surface area contributed by atoms with Crippen molar-refractivity contribution in [2.45, 2.75) is 10.8 Å². The maximum atomic E-state index is 10.6. The van der Waals surface area contributed by atoms with E-state index in [2.05, 4.69) is 0 Å². The van der Waals surface area contributed by atoms with Crippen LogP contribution in [0.4, 0.5) is 0 Å². The summed E-state index contributed by atoms with van der Waals surface area (Å²) in [5, 5.41) is 9.97. The van der Waals surface area contributed by atoms with Crippen LogP contribution >= 0.6 is 23.4 Å². The Morgan fingerprint density at radius 1 is 1.35 bits per heavy atom. The van der Waals surface area contributed by atoms with Gasteiger partial charge in [-0.25, -0.2) is 4.79 Å². The van der Waals surface area contributed by atoms with E-state index >= 15 is 0 Å².